The van der Waals surface area contributed by atoms with Crippen LogP contribution in [-0.2, 0) is 30.2 Å². The average molecular weight is 476 g/mol. The number of nitrogen functional groups attached to an aromatic ring is 1. The summed E-state index contributed by atoms with van der Waals surface area (Å²) in [6.07, 6.45) is -0.622. The van der Waals surface area contributed by atoms with E-state index < -0.39 is 23.2 Å². The maximum atomic E-state index is 13.2. The van der Waals surface area contributed by atoms with Gasteiger partial charge in [0, 0.05) is 17.1 Å². The van der Waals surface area contributed by atoms with E-state index in [0.717, 1.165) is 53.8 Å². The van der Waals surface area contributed by atoms with E-state index >= 15 is 0 Å². The summed E-state index contributed by atoms with van der Waals surface area (Å²) < 4.78 is 41.6. The minimum absolute atomic E-state index is 0.162. The molecule has 0 atom stereocenters. The van der Waals surface area contributed by atoms with Gasteiger partial charge in [-0.25, -0.2) is 9.97 Å². The molecule has 1 aliphatic rings. The van der Waals surface area contributed by atoms with Crippen molar-refractivity contribution in [1.29, 1.82) is 5.26 Å². The number of anilines is 2. The Labute approximate surface area is 198 Å². The lowest BCUT2D eigenvalue weighted by molar-refractivity contribution is -0.137. The van der Waals surface area contributed by atoms with Crippen LogP contribution in [0.4, 0.5) is 24.7 Å². The minimum Gasteiger partial charge on any atom is -0.382 e. The number of alkyl halides is 3. The van der Waals surface area contributed by atoms with Gasteiger partial charge >= 0.3 is 6.18 Å². The molecule has 0 unspecified atom stereocenters. The van der Waals surface area contributed by atoms with Crippen molar-refractivity contribution in [1.82, 2.24) is 14.5 Å². The van der Waals surface area contributed by atoms with Crippen LogP contribution in [0.1, 0.15) is 34.4 Å². The molecule has 1 amide bonds. The van der Waals surface area contributed by atoms with Gasteiger partial charge in [-0.2, -0.15) is 18.4 Å². The zero-order valence-electron chi connectivity index (χ0n) is 18.4. The maximum absolute atomic E-state index is 13.2. The molecule has 4 aromatic rings. The Morgan fingerprint density at radius 3 is 2.63 bits per heavy atom. The molecular weight excluding hydrogens is 457 g/mol. The second kappa shape index (κ2) is 8.43. The van der Waals surface area contributed by atoms with Crippen molar-refractivity contribution in [3.8, 4) is 11.8 Å². The predicted molar refractivity (Wildman–Crippen MR) is 124 cm³/mol. The number of amides is 1. The molecule has 0 fully saturated rings. The molecule has 0 saturated carbocycles. The van der Waals surface area contributed by atoms with Crippen LogP contribution in [0.25, 0.3) is 16.7 Å². The SMILES string of the molecule is N#Cc1ccc(CC(=O)Nc2ccc(-n3c4c(c5ncnc(N)c53)CCC4)cc2)cc1C(F)(F)F. The third kappa shape index (κ3) is 4.05. The highest BCUT2D eigenvalue weighted by atomic mass is 19.4. The highest BCUT2D eigenvalue weighted by Gasteiger charge is 2.34. The molecule has 2 aromatic carbocycles. The van der Waals surface area contributed by atoms with Crippen LogP contribution in [0, 0.1) is 11.3 Å². The van der Waals surface area contributed by atoms with Crippen molar-refractivity contribution in [2.24, 2.45) is 0 Å². The van der Waals surface area contributed by atoms with Crippen LogP contribution in [0.5, 0.6) is 0 Å². The van der Waals surface area contributed by atoms with Gasteiger partial charge in [-0.05, 0) is 66.8 Å². The summed E-state index contributed by atoms with van der Waals surface area (Å²) in [7, 11) is 0. The second-order valence-electron chi connectivity index (χ2n) is 8.33. The number of nitrogens with one attached hydrogen (secondary N) is 1. The number of fused-ring (bicyclic) bond motifs is 3. The average Bonchev–Trinajstić information content (AvgIpc) is 3.41. The third-order valence-electron chi connectivity index (χ3n) is 6.10. The van der Waals surface area contributed by atoms with Crippen molar-refractivity contribution >= 4 is 28.4 Å². The first-order valence-electron chi connectivity index (χ1n) is 10.9. The van der Waals surface area contributed by atoms with Crippen molar-refractivity contribution in [3.63, 3.8) is 0 Å². The standard InChI is InChI=1S/C25H19F3N6O/c26-25(27,28)19-10-14(4-5-15(19)12-29)11-21(35)33-16-6-8-17(9-7-16)34-20-3-1-2-18(20)22-23(34)24(30)32-13-31-22/h4-10,13H,1-3,11H2,(H,33,35)(H2,30,31,32). The van der Waals surface area contributed by atoms with Gasteiger partial charge < -0.3 is 15.6 Å². The normalized spacial score (nSPS) is 13.0. The number of hydrogen-bond acceptors (Lipinski definition) is 5. The Morgan fingerprint density at radius 1 is 1.14 bits per heavy atom. The summed E-state index contributed by atoms with van der Waals surface area (Å²) in [4.78, 5) is 21.1. The monoisotopic (exact) mass is 476 g/mol. The number of nitrogens with two attached hydrogens (primary N) is 1. The molecule has 0 aliphatic heterocycles. The Kier molecular flexibility index (Phi) is 5.40. The first kappa shape index (κ1) is 22.4. The zero-order valence-corrected chi connectivity index (χ0v) is 18.4. The largest absolute Gasteiger partial charge is 0.417 e. The lowest BCUT2D eigenvalue weighted by Crippen LogP contribution is -2.15. The zero-order chi connectivity index (χ0) is 24.7. The molecule has 5 rings (SSSR count). The van der Waals surface area contributed by atoms with Crippen molar-refractivity contribution in [3.05, 3.63) is 76.7 Å². The van der Waals surface area contributed by atoms with Gasteiger partial charge in [0.25, 0.3) is 0 Å². The van der Waals surface area contributed by atoms with Gasteiger partial charge in [0.1, 0.15) is 11.8 Å². The lowest BCUT2D eigenvalue weighted by Gasteiger charge is -2.13. The summed E-state index contributed by atoms with van der Waals surface area (Å²) in [5.41, 5.74) is 10.1. The molecule has 3 N–H and O–H groups in total. The van der Waals surface area contributed by atoms with E-state index in [2.05, 4.69) is 15.3 Å². The van der Waals surface area contributed by atoms with E-state index in [1.807, 2.05) is 16.7 Å². The minimum atomic E-state index is -4.68. The Bertz CT molecular complexity index is 1500. The Balaban J connectivity index is 1.37. The van der Waals surface area contributed by atoms with Crippen LogP contribution in [0.15, 0.2) is 48.8 Å². The third-order valence-corrected chi connectivity index (χ3v) is 6.10. The molecule has 176 valence electrons. The number of rotatable bonds is 4. The van der Waals surface area contributed by atoms with Crippen LogP contribution in [0.3, 0.4) is 0 Å². The molecule has 10 heteroatoms. The predicted octanol–water partition coefficient (Wildman–Crippen LogP) is 4.56. The summed E-state index contributed by atoms with van der Waals surface area (Å²) in [5.74, 6) is -0.0806. The van der Waals surface area contributed by atoms with Gasteiger partial charge in [0.15, 0.2) is 5.82 Å². The molecule has 1 aliphatic carbocycles. The van der Waals surface area contributed by atoms with Gasteiger partial charge in [-0.1, -0.05) is 6.07 Å². The second-order valence-corrected chi connectivity index (χ2v) is 8.33. The first-order chi connectivity index (χ1) is 16.8. The number of aryl methyl sites for hydroxylation is 1. The van der Waals surface area contributed by atoms with E-state index in [0.29, 0.717) is 11.5 Å². The summed E-state index contributed by atoms with van der Waals surface area (Å²) >= 11 is 0. The molecule has 2 aromatic heterocycles. The van der Waals surface area contributed by atoms with Crippen molar-refractivity contribution < 1.29 is 18.0 Å². The molecule has 35 heavy (non-hydrogen) atoms. The van der Waals surface area contributed by atoms with Crippen molar-refractivity contribution in [2.75, 3.05) is 11.1 Å². The number of halogens is 3. The molecular formula is C25H19F3N6O. The number of carbonyl (C=O) groups excluding carboxylic acids is 1. The van der Waals surface area contributed by atoms with E-state index in [9.17, 15) is 18.0 Å². The van der Waals surface area contributed by atoms with Crippen LogP contribution < -0.4 is 11.1 Å². The Morgan fingerprint density at radius 2 is 1.91 bits per heavy atom. The lowest BCUT2D eigenvalue weighted by atomic mass is 10.0. The Hall–Kier alpha value is -4.39. The van der Waals surface area contributed by atoms with Crippen LogP contribution in [0.2, 0.25) is 0 Å². The number of hydrogen-bond donors (Lipinski definition) is 2. The summed E-state index contributed by atoms with van der Waals surface area (Å²) in [5, 5.41) is 11.6. The molecule has 0 spiro atoms. The van der Waals surface area contributed by atoms with Gasteiger partial charge in [-0.15, -0.1) is 0 Å². The summed E-state index contributed by atoms with van der Waals surface area (Å²) in [6, 6.07) is 11.9. The fourth-order valence-electron chi connectivity index (χ4n) is 4.60. The highest BCUT2D eigenvalue weighted by Crippen LogP contribution is 2.36. The highest BCUT2D eigenvalue weighted by molar-refractivity contribution is 5.93. The van der Waals surface area contributed by atoms with E-state index in [1.54, 1.807) is 12.1 Å². The van der Waals surface area contributed by atoms with Crippen LogP contribution in [-0.4, -0.2) is 20.4 Å². The molecule has 0 bridgehead atoms. The number of carbonyl (C=O) groups is 1. The number of nitrogens with zero attached hydrogens (tertiary/aromatic N) is 4. The molecule has 0 radical (unpaired) electrons. The fraction of sp³-hybridized carbons (Fsp3) is 0.200. The van der Waals surface area contributed by atoms with E-state index in [-0.39, 0.29) is 12.0 Å². The topological polar surface area (TPSA) is 110 Å². The van der Waals surface area contributed by atoms with Crippen molar-refractivity contribution in [2.45, 2.75) is 31.9 Å². The summed E-state index contributed by atoms with van der Waals surface area (Å²) in [6.45, 7) is 0. The van der Waals surface area contributed by atoms with E-state index in [1.165, 1.54) is 24.0 Å². The molecule has 0 saturated heterocycles. The smallest absolute Gasteiger partial charge is 0.382 e. The van der Waals surface area contributed by atoms with Gasteiger partial charge in [-0.3, -0.25) is 4.79 Å². The first-order valence-corrected chi connectivity index (χ1v) is 10.9. The van der Waals surface area contributed by atoms with E-state index in [4.69, 9.17) is 11.0 Å². The molecule has 2 heterocycles. The number of nitriles is 1. The van der Waals surface area contributed by atoms with Gasteiger partial charge in [0.2, 0.25) is 5.91 Å². The number of benzene rings is 2. The quantitative estimate of drug-likeness (QED) is 0.449. The van der Waals surface area contributed by atoms with Gasteiger partial charge in [0.05, 0.1) is 29.1 Å². The van der Waals surface area contributed by atoms with Crippen LogP contribution >= 0.6 is 0 Å². The molecule has 7 nitrogen and oxygen atoms in total. The fourth-order valence-corrected chi connectivity index (χ4v) is 4.60. The maximum Gasteiger partial charge on any atom is 0.417 e. The number of aromatic nitrogens is 3.